The average Bonchev–Trinajstić information content (AvgIpc) is 2.55. The smallest absolute Gasteiger partial charge is 0.317 e. The van der Waals surface area contributed by atoms with E-state index in [1.54, 1.807) is 44.2 Å². The molecular formula is C18H20O6. The molecule has 128 valence electrons. The molecule has 0 amide bonds. The zero-order valence-electron chi connectivity index (χ0n) is 13.6. The van der Waals surface area contributed by atoms with Crippen LogP contribution in [0.15, 0.2) is 42.2 Å². The van der Waals surface area contributed by atoms with Gasteiger partial charge in [0.25, 0.3) is 0 Å². The number of ketones is 1. The molecule has 0 aromatic heterocycles. The largest absolute Gasteiger partial charge is 0.511 e. The van der Waals surface area contributed by atoms with Gasteiger partial charge in [0, 0.05) is 12.0 Å². The average molecular weight is 332 g/mol. The van der Waals surface area contributed by atoms with E-state index in [2.05, 4.69) is 0 Å². The maximum Gasteiger partial charge on any atom is 0.317 e. The van der Waals surface area contributed by atoms with Crippen molar-refractivity contribution in [1.82, 2.24) is 0 Å². The third-order valence-corrected chi connectivity index (χ3v) is 3.90. The van der Waals surface area contributed by atoms with E-state index in [1.165, 1.54) is 0 Å². The van der Waals surface area contributed by atoms with Crippen molar-refractivity contribution in [3.63, 3.8) is 0 Å². The van der Waals surface area contributed by atoms with Crippen LogP contribution in [-0.4, -0.2) is 36.0 Å². The Bertz CT molecular complexity index is 649. The molecule has 1 N–H and O–H groups in total. The van der Waals surface area contributed by atoms with Gasteiger partial charge < -0.3 is 14.6 Å². The second-order valence-corrected chi connectivity index (χ2v) is 5.37. The molecule has 0 unspecified atom stereocenters. The van der Waals surface area contributed by atoms with Crippen molar-refractivity contribution >= 4 is 17.7 Å². The number of allylic oxidation sites excluding steroid dienone is 1. The van der Waals surface area contributed by atoms with Crippen molar-refractivity contribution in [2.24, 2.45) is 11.8 Å². The van der Waals surface area contributed by atoms with Gasteiger partial charge in [-0.2, -0.15) is 0 Å². The van der Waals surface area contributed by atoms with Crippen molar-refractivity contribution in [2.75, 3.05) is 13.2 Å². The van der Waals surface area contributed by atoms with Crippen LogP contribution in [0.5, 0.6) is 0 Å². The molecule has 0 spiro atoms. The molecule has 1 aliphatic rings. The summed E-state index contributed by atoms with van der Waals surface area (Å²) in [6, 6.07) is 8.66. The molecule has 0 heterocycles. The molecule has 24 heavy (non-hydrogen) atoms. The molecule has 1 aliphatic carbocycles. The number of rotatable bonds is 5. The Balaban J connectivity index is 2.54. The normalized spacial score (nSPS) is 23.3. The highest BCUT2D eigenvalue weighted by molar-refractivity contribution is 6.08. The fourth-order valence-corrected chi connectivity index (χ4v) is 2.93. The van der Waals surface area contributed by atoms with Crippen molar-refractivity contribution in [3.05, 3.63) is 47.7 Å². The summed E-state index contributed by atoms with van der Waals surface area (Å²) in [4.78, 5) is 37.0. The van der Waals surface area contributed by atoms with Gasteiger partial charge in [0.2, 0.25) is 0 Å². The van der Waals surface area contributed by atoms with E-state index in [1.807, 2.05) is 0 Å². The molecule has 1 aromatic rings. The van der Waals surface area contributed by atoms with Crippen molar-refractivity contribution in [3.8, 4) is 0 Å². The zero-order chi connectivity index (χ0) is 17.7. The van der Waals surface area contributed by atoms with E-state index >= 15 is 0 Å². The second-order valence-electron chi connectivity index (χ2n) is 5.37. The minimum Gasteiger partial charge on any atom is -0.511 e. The molecule has 3 atom stereocenters. The van der Waals surface area contributed by atoms with Crippen LogP contribution in [0.25, 0.3) is 0 Å². The number of aliphatic hydroxyl groups is 1. The fraction of sp³-hybridized carbons (Fsp3) is 0.389. The highest BCUT2D eigenvalue weighted by Crippen LogP contribution is 2.41. The molecule has 6 heteroatoms. The first-order valence-corrected chi connectivity index (χ1v) is 7.83. The fourth-order valence-electron chi connectivity index (χ4n) is 2.93. The van der Waals surface area contributed by atoms with E-state index in [0.717, 1.165) is 6.08 Å². The molecule has 0 saturated carbocycles. The molecule has 0 radical (unpaired) electrons. The van der Waals surface area contributed by atoms with E-state index < -0.39 is 41.2 Å². The number of esters is 2. The van der Waals surface area contributed by atoms with Gasteiger partial charge in [-0.25, -0.2) is 0 Å². The van der Waals surface area contributed by atoms with Gasteiger partial charge in [-0.05, 0) is 19.4 Å². The maximum absolute atomic E-state index is 12.3. The summed E-state index contributed by atoms with van der Waals surface area (Å²) in [6.45, 7) is 3.53. The van der Waals surface area contributed by atoms with Crippen molar-refractivity contribution < 1.29 is 29.0 Å². The van der Waals surface area contributed by atoms with Gasteiger partial charge >= 0.3 is 11.9 Å². The Hall–Kier alpha value is -2.63. The molecule has 0 bridgehead atoms. The minimum atomic E-state index is -1.20. The number of benzene rings is 1. The number of aliphatic hydroxyl groups excluding tert-OH is 1. The Kier molecular flexibility index (Phi) is 5.73. The molecule has 0 fully saturated rings. The van der Waals surface area contributed by atoms with E-state index in [9.17, 15) is 19.5 Å². The summed E-state index contributed by atoms with van der Waals surface area (Å²) >= 11 is 0. The zero-order valence-corrected chi connectivity index (χ0v) is 13.6. The summed E-state index contributed by atoms with van der Waals surface area (Å²) in [7, 11) is 0. The molecular weight excluding hydrogens is 312 g/mol. The van der Waals surface area contributed by atoms with Crippen molar-refractivity contribution in [1.29, 1.82) is 0 Å². The number of carbonyl (C=O) groups excluding carboxylic acids is 3. The molecule has 2 rings (SSSR count). The third kappa shape index (κ3) is 3.48. The van der Waals surface area contributed by atoms with Gasteiger partial charge in [-0.3, -0.25) is 14.4 Å². The van der Waals surface area contributed by atoms with Crippen LogP contribution in [-0.2, 0) is 23.9 Å². The number of hydrogen-bond acceptors (Lipinski definition) is 6. The maximum atomic E-state index is 12.3. The predicted molar refractivity (Wildman–Crippen MR) is 85.1 cm³/mol. The van der Waals surface area contributed by atoms with Crippen LogP contribution < -0.4 is 0 Å². The first-order chi connectivity index (χ1) is 11.5. The Labute approximate surface area is 140 Å². The standard InChI is InChI=1S/C18H20O6/c1-3-23-17(21)15-12(19)10-13(20)16(18(22)24-4-2)14(15)11-8-6-5-7-9-11/h5-10,14-16,19H,3-4H2,1-2H3/t14-,15+,16-/m1/s1. The first kappa shape index (κ1) is 17.7. The quantitative estimate of drug-likeness (QED) is 0.656. The third-order valence-electron chi connectivity index (χ3n) is 3.90. The monoisotopic (exact) mass is 332 g/mol. The lowest BCUT2D eigenvalue weighted by Crippen LogP contribution is -2.42. The summed E-state index contributed by atoms with van der Waals surface area (Å²) in [6.07, 6.45) is 0.919. The van der Waals surface area contributed by atoms with Crippen LogP contribution in [0, 0.1) is 11.8 Å². The number of ether oxygens (including phenoxy) is 2. The molecule has 1 aromatic carbocycles. The summed E-state index contributed by atoms with van der Waals surface area (Å²) in [5.41, 5.74) is 0.585. The highest BCUT2D eigenvalue weighted by Gasteiger charge is 2.49. The lowest BCUT2D eigenvalue weighted by molar-refractivity contribution is -0.156. The molecule has 0 saturated heterocycles. The van der Waals surface area contributed by atoms with Gasteiger partial charge in [0.05, 0.1) is 13.2 Å². The minimum absolute atomic E-state index is 0.115. The van der Waals surface area contributed by atoms with Gasteiger partial charge in [-0.15, -0.1) is 0 Å². The SMILES string of the molecule is CCOC(=O)[C@@H]1C(=O)C=C(O)[C@H](C(=O)OCC)[C@H]1c1ccccc1. The Morgan fingerprint density at radius 1 is 1.00 bits per heavy atom. The van der Waals surface area contributed by atoms with Gasteiger partial charge in [-0.1, -0.05) is 30.3 Å². The Morgan fingerprint density at radius 3 is 2.08 bits per heavy atom. The van der Waals surface area contributed by atoms with Crippen LogP contribution in [0.2, 0.25) is 0 Å². The van der Waals surface area contributed by atoms with Crippen LogP contribution in [0.3, 0.4) is 0 Å². The number of hydrogen-bond donors (Lipinski definition) is 1. The summed E-state index contributed by atoms with van der Waals surface area (Å²) < 4.78 is 10.0. The lowest BCUT2D eigenvalue weighted by atomic mass is 9.70. The van der Waals surface area contributed by atoms with Gasteiger partial charge in [0.1, 0.15) is 17.6 Å². The highest BCUT2D eigenvalue weighted by atomic mass is 16.5. The molecule has 0 aliphatic heterocycles. The second kappa shape index (κ2) is 7.77. The first-order valence-electron chi connectivity index (χ1n) is 7.83. The van der Waals surface area contributed by atoms with E-state index in [4.69, 9.17) is 9.47 Å². The Morgan fingerprint density at radius 2 is 1.54 bits per heavy atom. The molecule has 6 nitrogen and oxygen atoms in total. The summed E-state index contributed by atoms with van der Waals surface area (Å²) in [5, 5.41) is 10.2. The van der Waals surface area contributed by atoms with Crippen LogP contribution in [0.4, 0.5) is 0 Å². The summed E-state index contributed by atoms with van der Waals surface area (Å²) in [5.74, 6) is -5.57. The lowest BCUT2D eigenvalue weighted by Gasteiger charge is -2.33. The van der Waals surface area contributed by atoms with Gasteiger partial charge in [0.15, 0.2) is 5.78 Å². The van der Waals surface area contributed by atoms with Crippen molar-refractivity contribution in [2.45, 2.75) is 19.8 Å². The number of carbonyl (C=O) groups is 3. The van der Waals surface area contributed by atoms with Crippen LogP contribution >= 0.6 is 0 Å². The predicted octanol–water partition coefficient (Wildman–Crippen LogP) is 2.15. The topological polar surface area (TPSA) is 89.9 Å². The van der Waals surface area contributed by atoms with E-state index in [0.29, 0.717) is 5.56 Å². The van der Waals surface area contributed by atoms with E-state index in [-0.39, 0.29) is 13.2 Å². The van der Waals surface area contributed by atoms with Crippen LogP contribution in [0.1, 0.15) is 25.3 Å².